The number of hydrogen-bond donors (Lipinski definition) is 1. The van der Waals surface area contributed by atoms with Gasteiger partial charge in [0.15, 0.2) is 0 Å². The standard InChI is InChI=1S/C12H16BrFN2O2S.ClH/c1-15-10-3-2-6-16(8-10)19(17,18)12-5-4-9(14)7-11(12)13;/h4-5,7,10,15H,2-3,6,8H2,1H3;1H. The van der Waals surface area contributed by atoms with Crippen LogP contribution in [0.4, 0.5) is 4.39 Å². The monoisotopic (exact) mass is 386 g/mol. The van der Waals surface area contributed by atoms with Gasteiger partial charge in [-0.2, -0.15) is 4.31 Å². The lowest BCUT2D eigenvalue weighted by molar-refractivity contribution is 0.292. The molecule has 0 bridgehead atoms. The summed E-state index contributed by atoms with van der Waals surface area (Å²) in [5.74, 6) is -0.461. The van der Waals surface area contributed by atoms with Crippen LogP contribution < -0.4 is 5.32 Å². The van der Waals surface area contributed by atoms with E-state index in [1.807, 2.05) is 7.05 Å². The van der Waals surface area contributed by atoms with Crippen molar-refractivity contribution in [2.45, 2.75) is 23.8 Å². The van der Waals surface area contributed by atoms with Crippen molar-refractivity contribution in [2.24, 2.45) is 0 Å². The molecule has 1 aromatic rings. The molecule has 1 saturated heterocycles. The Kier molecular flexibility index (Phi) is 6.40. The molecule has 1 heterocycles. The first-order valence-electron chi connectivity index (χ1n) is 6.07. The summed E-state index contributed by atoms with van der Waals surface area (Å²) in [6.45, 7) is 0.951. The van der Waals surface area contributed by atoms with E-state index in [1.165, 1.54) is 16.4 Å². The predicted octanol–water partition coefficient (Wildman–Crippen LogP) is 2.38. The normalized spacial score (nSPS) is 20.4. The molecule has 1 aromatic carbocycles. The molecule has 0 saturated carbocycles. The van der Waals surface area contributed by atoms with Crippen LogP contribution in [-0.4, -0.2) is 38.9 Å². The molecular weight excluding hydrogens is 371 g/mol. The Morgan fingerprint density at radius 1 is 1.45 bits per heavy atom. The van der Waals surface area contributed by atoms with Crippen molar-refractivity contribution in [3.05, 3.63) is 28.5 Å². The zero-order valence-corrected chi connectivity index (χ0v) is 14.2. The summed E-state index contributed by atoms with van der Waals surface area (Å²) >= 11 is 3.12. The molecule has 1 aliphatic heterocycles. The van der Waals surface area contributed by atoms with Gasteiger partial charge in [0, 0.05) is 23.6 Å². The van der Waals surface area contributed by atoms with Crippen molar-refractivity contribution in [1.82, 2.24) is 9.62 Å². The van der Waals surface area contributed by atoms with Crippen LogP contribution in [0.15, 0.2) is 27.6 Å². The van der Waals surface area contributed by atoms with E-state index in [1.54, 1.807) is 0 Å². The molecule has 4 nitrogen and oxygen atoms in total. The number of halogens is 3. The number of likely N-dealkylation sites (N-methyl/N-ethyl adjacent to an activating group) is 1. The van der Waals surface area contributed by atoms with Gasteiger partial charge in [-0.15, -0.1) is 12.4 Å². The molecule has 0 aliphatic carbocycles. The van der Waals surface area contributed by atoms with Crippen LogP contribution >= 0.6 is 28.3 Å². The highest BCUT2D eigenvalue weighted by Gasteiger charge is 2.31. The van der Waals surface area contributed by atoms with Crippen molar-refractivity contribution < 1.29 is 12.8 Å². The SMILES string of the molecule is CNC1CCCN(S(=O)(=O)c2ccc(F)cc2Br)C1.Cl. The number of hydrogen-bond acceptors (Lipinski definition) is 3. The maximum absolute atomic E-state index is 13.0. The summed E-state index contributed by atoms with van der Waals surface area (Å²) < 4.78 is 39.8. The molecule has 0 amide bonds. The van der Waals surface area contributed by atoms with E-state index >= 15 is 0 Å². The van der Waals surface area contributed by atoms with Crippen LogP contribution in [0.1, 0.15) is 12.8 Å². The van der Waals surface area contributed by atoms with Gasteiger partial charge in [-0.1, -0.05) is 0 Å². The summed E-state index contributed by atoms with van der Waals surface area (Å²) in [5.41, 5.74) is 0. The summed E-state index contributed by atoms with van der Waals surface area (Å²) in [6.07, 6.45) is 1.79. The first-order chi connectivity index (χ1) is 8.95. The molecule has 0 radical (unpaired) electrons. The molecule has 1 fully saturated rings. The maximum Gasteiger partial charge on any atom is 0.244 e. The van der Waals surface area contributed by atoms with Crippen molar-refractivity contribution in [1.29, 1.82) is 0 Å². The molecule has 20 heavy (non-hydrogen) atoms. The highest BCUT2D eigenvalue weighted by atomic mass is 79.9. The minimum absolute atomic E-state index is 0. The molecule has 2 rings (SSSR count). The fourth-order valence-corrected chi connectivity index (χ4v) is 4.75. The third-order valence-corrected chi connectivity index (χ3v) is 6.15. The van der Waals surface area contributed by atoms with Gasteiger partial charge in [0.25, 0.3) is 0 Å². The number of sulfonamides is 1. The second-order valence-electron chi connectivity index (χ2n) is 4.57. The Labute approximate surface area is 133 Å². The minimum Gasteiger partial charge on any atom is -0.316 e. The zero-order chi connectivity index (χ0) is 14.0. The molecule has 114 valence electrons. The van der Waals surface area contributed by atoms with Crippen LogP contribution in [0.5, 0.6) is 0 Å². The summed E-state index contributed by atoms with van der Waals surface area (Å²) in [6, 6.07) is 3.81. The van der Waals surface area contributed by atoms with E-state index in [0.717, 1.165) is 18.9 Å². The van der Waals surface area contributed by atoms with Gasteiger partial charge in [-0.3, -0.25) is 0 Å². The zero-order valence-electron chi connectivity index (χ0n) is 11.0. The van der Waals surface area contributed by atoms with E-state index in [2.05, 4.69) is 21.2 Å². The van der Waals surface area contributed by atoms with Crippen LogP contribution in [0.2, 0.25) is 0 Å². The summed E-state index contributed by atoms with van der Waals surface area (Å²) in [5, 5.41) is 3.10. The first kappa shape index (κ1) is 17.8. The van der Waals surface area contributed by atoms with Gasteiger partial charge in [0.2, 0.25) is 10.0 Å². The summed E-state index contributed by atoms with van der Waals surface area (Å²) in [4.78, 5) is 0.116. The Balaban J connectivity index is 0.00000200. The molecule has 1 atom stereocenters. The number of benzene rings is 1. The van der Waals surface area contributed by atoms with Crippen molar-refractivity contribution in [3.8, 4) is 0 Å². The van der Waals surface area contributed by atoms with Crippen LogP contribution in [0.3, 0.4) is 0 Å². The van der Waals surface area contributed by atoms with Gasteiger partial charge in [0.1, 0.15) is 5.82 Å². The van der Waals surface area contributed by atoms with Gasteiger partial charge in [-0.05, 0) is 54.0 Å². The molecule has 8 heteroatoms. The molecule has 1 N–H and O–H groups in total. The molecule has 1 unspecified atom stereocenters. The van der Waals surface area contributed by atoms with Crippen molar-refractivity contribution in [3.63, 3.8) is 0 Å². The Hall–Kier alpha value is -0.210. The number of nitrogens with zero attached hydrogens (tertiary/aromatic N) is 1. The van der Waals surface area contributed by atoms with E-state index < -0.39 is 15.8 Å². The first-order valence-corrected chi connectivity index (χ1v) is 8.31. The number of piperidine rings is 1. The molecule has 0 spiro atoms. The molecule has 0 aromatic heterocycles. The highest BCUT2D eigenvalue weighted by Crippen LogP contribution is 2.27. The number of rotatable bonds is 3. The van der Waals surface area contributed by atoms with Gasteiger partial charge in [-0.25, -0.2) is 12.8 Å². The Morgan fingerprint density at radius 3 is 2.75 bits per heavy atom. The largest absolute Gasteiger partial charge is 0.316 e. The lowest BCUT2D eigenvalue weighted by Crippen LogP contribution is -2.46. The van der Waals surface area contributed by atoms with Gasteiger partial charge in [0.05, 0.1) is 4.90 Å². The Bertz CT molecular complexity index is 571. The van der Waals surface area contributed by atoms with Crippen LogP contribution in [-0.2, 0) is 10.0 Å². The predicted molar refractivity (Wildman–Crippen MR) is 82.2 cm³/mol. The average Bonchev–Trinajstić information content (AvgIpc) is 2.38. The Morgan fingerprint density at radius 2 is 2.15 bits per heavy atom. The van der Waals surface area contributed by atoms with E-state index in [-0.39, 0.29) is 27.8 Å². The van der Waals surface area contributed by atoms with Crippen LogP contribution in [0.25, 0.3) is 0 Å². The lowest BCUT2D eigenvalue weighted by Gasteiger charge is -2.31. The minimum atomic E-state index is -3.57. The lowest BCUT2D eigenvalue weighted by atomic mass is 10.1. The highest BCUT2D eigenvalue weighted by molar-refractivity contribution is 9.10. The molecule has 1 aliphatic rings. The van der Waals surface area contributed by atoms with Gasteiger partial charge < -0.3 is 5.32 Å². The smallest absolute Gasteiger partial charge is 0.244 e. The van der Waals surface area contributed by atoms with E-state index in [9.17, 15) is 12.8 Å². The number of nitrogens with one attached hydrogen (secondary N) is 1. The van der Waals surface area contributed by atoms with Crippen molar-refractivity contribution >= 4 is 38.4 Å². The maximum atomic E-state index is 13.0. The average molecular weight is 388 g/mol. The van der Waals surface area contributed by atoms with Crippen LogP contribution in [0, 0.1) is 5.82 Å². The second-order valence-corrected chi connectivity index (χ2v) is 7.33. The van der Waals surface area contributed by atoms with Gasteiger partial charge >= 0.3 is 0 Å². The second kappa shape index (κ2) is 7.17. The fourth-order valence-electron chi connectivity index (χ4n) is 2.22. The molecular formula is C12H17BrClFN2O2S. The van der Waals surface area contributed by atoms with E-state index in [0.29, 0.717) is 13.1 Å². The quantitative estimate of drug-likeness (QED) is 0.866. The van der Waals surface area contributed by atoms with E-state index in [4.69, 9.17) is 0 Å². The third kappa shape index (κ3) is 3.71. The topological polar surface area (TPSA) is 49.4 Å². The fraction of sp³-hybridized carbons (Fsp3) is 0.500. The summed E-state index contributed by atoms with van der Waals surface area (Å²) in [7, 11) is -1.74. The van der Waals surface area contributed by atoms with Crippen molar-refractivity contribution in [2.75, 3.05) is 20.1 Å². The third-order valence-electron chi connectivity index (χ3n) is 3.30.